The molecule has 0 atom stereocenters. The van der Waals surface area contributed by atoms with Crippen LogP contribution in [0.2, 0.25) is 5.02 Å². The Bertz CT molecular complexity index is 795. The molecule has 0 radical (unpaired) electrons. The highest BCUT2D eigenvalue weighted by Crippen LogP contribution is 2.31. The molecule has 0 aromatic heterocycles. The summed E-state index contributed by atoms with van der Waals surface area (Å²) < 4.78 is 51.3. The normalized spacial score (nSPS) is 21.5. The van der Waals surface area contributed by atoms with E-state index in [9.17, 15) is 16.8 Å². The van der Waals surface area contributed by atoms with E-state index in [1.54, 1.807) is 24.3 Å². The molecule has 0 spiro atoms. The summed E-state index contributed by atoms with van der Waals surface area (Å²) >= 11 is 5.88. The van der Waals surface area contributed by atoms with Gasteiger partial charge in [0.15, 0.2) is 9.84 Å². The zero-order valence-corrected chi connectivity index (χ0v) is 15.8. The Morgan fingerprint density at radius 2 is 1.67 bits per heavy atom. The number of halogens is 1. The number of hydrogen-bond donors (Lipinski definition) is 0. The molecule has 0 N–H and O–H groups in total. The number of nitrogens with zero attached hydrogens (tertiary/aromatic N) is 1. The first-order valence-corrected chi connectivity index (χ1v) is 11.8. The van der Waals surface area contributed by atoms with Crippen LogP contribution >= 0.6 is 11.6 Å². The smallest absolute Gasteiger partial charge is 0.218 e. The summed E-state index contributed by atoms with van der Waals surface area (Å²) in [5.74, 6) is -0.149. The predicted octanol–water partition coefficient (Wildman–Crippen LogP) is 2.60. The number of sulfone groups is 1. The molecule has 0 amide bonds. The Morgan fingerprint density at radius 1 is 1.00 bits per heavy atom. The van der Waals surface area contributed by atoms with Crippen LogP contribution in [0.15, 0.2) is 24.3 Å². The van der Waals surface area contributed by atoms with Gasteiger partial charge in [-0.3, -0.25) is 0 Å². The van der Waals surface area contributed by atoms with Crippen LogP contribution in [0.4, 0.5) is 0 Å². The van der Waals surface area contributed by atoms with Gasteiger partial charge in [0.25, 0.3) is 0 Å². The summed E-state index contributed by atoms with van der Waals surface area (Å²) in [7, 11) is -6.73. The lowest BCUT2D eigenvalue weighted by Gasteiger charge is -2.39. The molecule has 1 aromatic rings. The van der Waals surface area contributed by atoms with Crippen molar-refractivity contribution in [2.75, 3.05) is 13.1 Å². The third kappa shape index (κ3) is 3.79. The molecule has 0 bridgehead atoms. The summed E-state index contributed by atoms with van der Waals surface area (Å²) in [4.78, 5) is 0. The maximum Gasteiger partial charge on any atom is 0.218 e. The van der Waals surface area contributed by atoms with Crippen molar-refractivity contribution >= 4 is 31.5 Å². The second kappa shape index (κ2) is 6.94. The van der Waals surface area contributed by atoms with Gasteiger partial charge in [-0.1, -0.05) is 43.0 Å². The Balaban J connectivity index is 1.62. The average molecular weight is 392 g/mol. The Kier molecular flexibility index (Phi) is 5.25. The van der Waals surface area contributed by atoms with Crippen LogP contribution in [0.1, 0.15) is 37.7 Å². The standard InChI is InChI=1S/C16H22ClNO4S2/c17-14-6-4-5-13(9-14)12-23(19,20)18-10-16(11-18)24(21,22)15-7-2-1-3-8-15/h4-6,9,15-16H,1-3,7-8,10-12H2. The van der Waals surface area contributed by atoms with E-state index in [0.717, 1.165) is 19.3 Å². The van der Waals surface area contributed by atoms with Gasteiger partial charge in [-0.05, 0) is 30.5 Å². The summed E-state index contributed by atoms with van der Waals surface area (Å²) in [6.45, 7) is 0.170. The van der Waals surface area contributed by atoms with Crippen molar-refractivity contribution in [3.63, 3.8) is 0 Å². The highest BCUT2D eigenvalue weighted by molar-refractivity contribution is 7.93. The van der Waals surface area contributed by atoms with Crippen LogP contribution in [0, 0.1) is 0 Å². The quantitative estimate of drug-likeness (QED) is 0.773. The van der Waals surface area contributed by atoms with Crippen LogP contribution < -0.4 is 0 Å². The van der Waals surface area contributed by atoms with Gasteiger partial charge in [0.2, 0.25) is 10.0 Å². The Morgan fingerprint density at radius 3 is 2.29 bits per heavy atom. The molecule has 8 heteroatoms. The van der Waals surface area contributed by atoms with Crippen LogP contribution in [-0.2, 0) is 25.6 Å². The fourth-order valence-electron chi connectivity index (χ4n) is 3.43. The van der Waals surface area contributed by atoms with Crippen LogP contribution in [0.5, 0.6) is 0 Å². The van der Waals surface area contributed by atoms with Crippen LogP contribution in [-0.4, -0.2) is 44.7 Å². The molecule has 1 heterocycles. The summed E-state index contributed by atoms with van der Waals surface area (Å²) in [6, 6.07) is 6.72. The van der Waals surface area contributed by atoms with Crippen molar-refractivity contribution in [1.82, 2.24) is 4.31 Å². The minimum Gasteiger partial charge on any atom is -0.228 e. The zero-order chi connectivity index (χ0) is 17.4. The molecule has 1 aliphatic heterocycles. The van der Waals surface area contributed by atoms with Crippen molar-refractivity contribution in [3.8, 4) is 0 Å². The van der Waals surface area contributed by atoms with Crippen molar-refractivity contribution in [1.29, 1.82) is 0 Å². The van der Waals surface area contributed by atoms with Crippen LogP contribution in [0.25, 0.3) is 0 Å². The van der Waals surface area contributed by atoms with Gasteiger partial charge in [0.1, 0.15) is 0 Å². The molecule has 2 fully saturated rings. The van der Waals surface area contributed by atoms with E-state index >= 15 is 0 Å². The second-order valence-corrected chi connectivity index (χ2v) is 11.6. The van der Waals surface area contributed by atoms with E-state index in [2.05, 4.69) is 0 Å². The first-order valence-electron chi connectivity index (χ1n) is 8.24. The predicted molar refractivity (Wildman–Crippen MR) is 95.2 cm³/mol. The van der Waals surface area contributed by atoms with Crippen molar-refractivity contribution in [3.05, 3.63) is 34.9 Å². The molecule has 134 valence electrons. The van der Waals surface area contributed by atoms with Gasteiger partial charge >= 0.3 is 0 Å². The number of rotatable bonds is 5. The van der Waals surface area contributed by atoms with Crippen molar-refractivity contribution in [2.24, 2.45) is 0 Å². The van der Waals surface area contributed by atoms with Crippen molar-refractivity contribution in [2.45, 2.75) is 48.4 Å². The summed E-state index contributed by atoms with van der Waals surface area (Å²) in [5.41, 5.74) is 0.612. The molecular weight excluding hydrogens is 370 g/mol. The molecule has 1 aromatic carbocycles. The van der Waals surface area contributed by atoms with Gasteiger partial charge in [0, 0.05) is 18.1 Å². The van der Waals surface area contributed by atoms with E-state index in [1.165, 1.54) is 4.31 Å². The first kappa shape index (κ1) is 18.2. The molecular formula is C16H22ClNO4S2. The molecule has 1 aliphatic carbocycles. The maximum atomic E-state index is 12.6. The third-order valence-corrected chi connectivity index (χ3v) is 9.57. The SMILES string of the molecule is O=S(=O)(C1CCCCC1)C1CN(S(=O)(=O)Cc2cccc(Cl)c2)C1. The zero-order valence-electron chi connectivity index (χ0n) is 13.4. The van der Waals surface area contributed by atoms with Gasteiger partial charge in [-0.2, -0.15) is 4.31 Å². The molecule has 1 saturated heterocycles. The molecule has 3 rings (SSSR count). The molecule has 24 heavy (non-hydrogen) atoms. The molecule has 5 nitrogen and oxygen atoms in total. The third-order valence-electron chi connectivity index (χ3n) is 4.93. The number of hydrogen-bond acceptors (Lipinski definition) is 4. The summed E-state index contributed by atoms with van der Waals surface area (Å²) in [5, 5.41) is -0.340. The average Bonchev–Trinajstić information content (AvgIpc) is 2.45. The lowest BCUT2D eigenvalue weighted by molar-refractivity contribution is 0.306. The van der Waals surface area contributed by atoms with E-state index in [0.29, 0.717) is 23.4 Å². The maximum absolute atomic E-state index is 12.6. The topological polar surface area (TPSA) is 71.5 Å². The highest BCUT2D eigenvalue weighted by Gasteiger charge is 2.45. The monoisotopic (exact) mass is 391 g/mol. The highest BCUT2D eigenvalue weighted by atomic mass is 35.5. The first-order chi connectivity index (χ1) is 11.3. The number of sulfonamides is 1. The summed E-state index contributed by atoms with van der Waals surface area (Å²) in [6.07, 6.45) is 4.43. The minimum absolute atomic E-state index is 0.0851. The molecule has 2 aliphatic rings. The van der Waals surface area contributed by atoms with E-state index in [4.69, 9.17) is 11.6 Å². The molecule has 0 unspecified atom stereocenters. The van der Waals surface area contributed by atoms with E-state index in [-0.39, 0.29) is 24.1 Å². The van der Waals surface area contributed by atoms with Gasteiger partial charge in [-0.25, -0.2) is 16.8 Å². The molecule has 1 saturated carbocycles. The second-order valence-electron chi connectivity index (χ2n) is 6.67. The van der Waals surface area contributed by atoms with E-state index in [1.807, 2.05) is 0 Å². The lowest BCUT2D eigenvalue weighted by Crippen LogP contribution is -2.58. The minimum atomic E-state index is -3.51. The number of benzene rings is 1. The fraction of sp³-hybridized carbons (Fsp3) is 0.625. The Labute approximate surface area is 149 Å². The van der Waals surface area contributed by atoms with E-state index < -0.39 is 25.1 Å². The Hall–Kier alpha value is -0.630. The fourth-order valence-corrected chi connectivity index (χ4v) is 7.74. The van der Waals surface area contributed by atoms with Gasteiger partial charge in [-0.15, -0.1) is 0 Å². The van der Waals surface area contributed by atoms with Gasteiger partial charge in [0.05, 0.1) is 16.3 Å². The largest absolute Gasteiger partial charge is 0.228 e. The van der Waals surface area contributed by atoms with Crippen molar-refractivity contribution < 1.29 is 16.8 Å². The van der Waals surface area contributed by atoms with Crippen LogP contribution in [0.3, 0.4) is 0 Å². The van der Waals surface area contributed by atoms with Gasteiger partial charge < -0.3 is 0 Å². The lowest BCUT2D eigenvalue weighted by atomic mass is 10.0.